The molecule has 0 saturated heterocycles. The molecule has 634 valence electrons. The minimum atomic E-state index is -1.51. The molecule has 1 saturated carbocycles. The van der Waals surface area contributed by atoms with E-state index >= 15 is 0 Å². The molecule has 7 N–H and O–H groups in total. The third-order valence-corrected chi connectivity index (χ3v) is 20.5. The summed E-state index contributed by atoms with van der Waals surface area (Å²) in [4.78, 5) is 90.1. The maximum absolute atomic E-state index is 14.3. The van der Waals surface area contributed by atoms with Crippen LogP contribution in [0.1, 0.15) is 169 Å². The Morgan fingerprint density at radius 3 is 1.71 bits per heavy atom. The molecule has 4 aromatic rings. The highest BCUT2D eigenvalue weighted by Gasteiger charge is 2.45. The lowest BCUT2D eigenvalue weighted by Gasteiger charge is -2.31. The van der Waals surface area contributed by atoms with E-state index in [2.05, 4.69) is 26.3 Å². The summed E-state index contributed by atoms with van der Waals surface area (Å²) in [5.41, 5.74) is 4.86. The number of methoxy groups -OCH3 is 2. The van der Waals surface area contributed by atoms with Crippen LogP contribution >= 0.6 is 0 Å². The van der Waals surface area contributed by atoms with Crippen LogP contribution in [0.5, 0.6) is 34.8 Å². The number of rotatable bonds is 50. The van der Waals surface area contributed by atoms with Gasteiger partial charge in [0.1, 0.15) is 12.6 Å². The molecule has 3 aromatic carbocycles. The van der Waals surface area contributed by atoms with Crippen molar-refractivity contribution in [3.63, 3.8) is 0 Å². The van der Waals surface area contributed by atoms with Gasteiger partial charge in [0.15, 0.2) is 41.0 Å². The fraction of sp³-hybridized carbons (Fsp3) is 0.607. The van der Waals surface area contributed by atoms with Crippen molar-refractivity contribution < 1.29 is 106 Å². The Hall–Kier alpha value is -8.89. The lowest BCUT2D eigenvalue weighted by molar-refractivity contribution is -0.128. The smallest absolute Gasteiger partial charge is 0.416 e. The summed E-state index contributed by atoms with van der Waals surface area (Å²) < 4.78 is 75.8. The molecule has 5 aliphatic rings. The second-order valence-electron chi connectivity index (χ2n) is 29.6. The van der Waals surface area contributed by atoms with Gasteiger partial charge in [-0.25, -0.2) is 9.69 Å². The van der Waals surface area contributed by atoms with Crippen molar-refractivity contribution in [2.24, 2.45) is 10.9 Å². The van der Waals surface area contributed by atoms with Crippen molar-refractivity contribution in [3.05, 3.63) is 100 Å². The molecule has 9 rings (SSSR count). The number of aliphatic hydroxyl groups is 1. The summed E-state index contributed by atoms with van der Waals surface area (Å²) in [5.74, 6) is 0.0684. The van der Waals surface area contributed by atoms with Gasteiger partial charge in [0.05, 0.1) is 167 Å². The number of aliphatic hydroxyl groups excluding tert-OH is 1. The molecule has 0 spiro atoms. The average molecular weight is 1610 g/mol. The number of fused-ring (bicyclic) bond motifs is 4. The van der Waals surface area contributed by atoms with Gasteiger partial charge in [-0.2, -0.15) is 0 Å². The number of aromatic hydroxyl groups is 2. The van der Waals surface area contributed by atoms with E-state index in [0.29, 0.717) is 192 Å². The SMILES string of the molecule is COc1cc2c(cc1OCCCCCOc1cc3c(cc1OC)C(=O)N1C=C(C)CC1C(O)N3C(=O)OCc1ccc(NC(=O)C(C)NC(=O)C(NCCCOCCOCCOCCOCCOCCOCCOCCOCCNC(=O)CCn3c(O)cc(C4CCCCCCCC4)c3O)C(C)C)cc1)N=CC1CC(C)=CN1C2=O. The van der Waals surface area contributed by atoms with Crippen LogP contribution in [0.4, 0.5) is 21.9 Å². The molecule has 31 heteroatoms. The number of hydrogen-bond donors (Lipinski definition) is 7. The zero-order valence-corrected chi connectivity index (χ0v) is 68.0. The Bertz CT molecular complexity index is 3840. The summed E-state index contributed by atoms with van der Waals surface area (Å²) in [7, 11) is 2.98. The van der Waals surface area contributed by atoms with Gasteiger partial charge in [-0.3, -0.25) is 33.5 Å². The number of anilines is 2. The van der Waals surface area contributed by atoms with Crippen molar-refractivity contribution >= 4 is 58.9 Å². The van der Waals surface area contributed by atoms with E-state index in [0.717, 1.165) is 53.7 Å². The van der Waals surface area contributed by atoms with Gasteiger partial charge in [-0.1, -0.05) is 75.7 Å². The summed E-state index contributed by atoms with van der Waals surface area (Å²) in [6, 6.07) is 12.3. The van der Waals surface area contributed by atoms with Crippen molar-refractivity contribution in [2.45, 2.75) is 180 Å². The van der Waals surface area contributed by atoms with Gasteiger partial charge in [0.2, 0.25) is 17.7 Å². The summed E-state index contributed by atoms with van der Waals surface area (Å²) in [5, 5.41) is 45.2. The first-order valence-electron chi connectivity index (χ1n) is 40.6. The number of nitrogens with zero attached hydrogens (tertiary/aromatic N) is 5. The molecule has 115 heavy (non-hydrogen) atoms. The van der Waals surface area contributed by atoms with Crippen LogP contribution in [0.15, 0.2) is 83.1 Å². The van der Waals surface area contributed by atoms with E-state index in [-0.39, 0.29) is 96.3 Å². The van der Waals surface area contributed by atoms with Crippen LogP contribution < -0.4 is 45.1 Å². The van der Waals surface area contributed by atoms with E-state index in [1.165, 1.54) is 61.5 Å². The van der Waals surface area contributed by atoms with Crippen molar-refractivity contribution in [1.82, 2.24) is 30.3 Å². The highest BCUT2D eigenvalue weighted by Crippen LogP contribution is 2.44. The number of nitrogens with one attached hydrogen (secondary N) is 4. The number of hydrogen-bond acceptors (Lipinski definition) is 24. The Kier molecular flexibility index (Phi) is 37.6. The lowest BCUT2D eigenvalue weighted by atomic mass is 9.91. The second-order valence-corrected chi connectivity index (χ2v) is 29.6. The molecule has 5 heterocycles. The lowest BCUT2D eigenvalue weighted by Crippen LogP contribution is -2.52. The van der Waals surface area contributed by atoms with E-state index in [4.69, 9.17) is 61.6 Å². The molecule has 1 aliphatic carbocycles. The number of carbonyl (C=O) groups excluding carboxylic acids is 6. The normalized spacial score (nSPS) is 17.4. The highest BCUT2D eigenvalue weighted by atomic mass is 16.6. The topological polar surface area (TPSA) is 358 Å². The van der Waals surface area contributed by atoms with Gasteiger partial charge < -0.3 is 108 Å². The molecule has 0 bridgehead atoms. The van der Waals surface area contributed by atoms with Gasteiger partial charge in [0.25, 0.3) is 11.8 Å². The predicted octanol–water partition coefficient (Wildman–Crippen LogP) is 9.98. The first-order chi connectivity index (χ1) is 55.8. The van der Waals surface area contributed by atoms with Gasteiger partial charge in [0, 0.05) is 74.2 Å². The fourth-order valence-corrected chi connectivity index (χ4v) is 14.2. The Labute approximate surface area is 674 Å². The summed E-state index contributed by atoms with van der Waals surface area (Å²) >= 11 is 0. The van der Waals surface area contributed by atoms with Crippen molar-refractivity contribution in [3.8, 4) is 34.8 Å². The molecule has 0 radical (unpaired) electrons. The number of unbranched alkanes of at least 4 members (excludes halogenated alkanes) is 2. The van der Waals surface area contributed by atoms with Gasteiger partial charge >= 0.3 is 6.09 Å². The third-order valence-electron chi connectivity index (χ3n) is 20.5. The maximum Gasteiger partial charge on any atom is 0.416 e. The number of ether oxygens (including phenoxy) is 13. The average Bonchev–Trinajstić information content (AvgIpc) is 1.61. The minimum Gasteiger partial charge on any atom is -0.494 e. The van der Waals surface area contributed by atoms with Gasteiger partial charge in [-0.15, -0.1) is 0 Å². The quantitative estimate of drug-likeness (QED) is 0.0202. The maximum atomic E-state index is 14.3. The molecule has 5 atom stereocenters. The van der Waals surface area contributed by atoms with E-state index in [9.17, 15) is 44.1 Å². The number of carbonyl (C=O) groups is 6. The first kappa shape index (κ1) is 90.0. The number of amides is 6. The molecular weight excluding hydrogens is 1490 g/mol. The standard InChI is InChI=1S/C84H121N9O22/c1-57(2)77(86-25-17-28-105-32-34-107-36-38-109-40-42-111-44-45-112-43-41-110-39-37-108-35-33-106-31-26-85-75(94)24-27-90-76(95)50-65(80(90)98)62-18-13-10-8-9-11-14-19-62)79(97)88-60(5)78(96)89-63-22-20-61(21-23-63)56-115-84(102)93-69-52-74(72(104-7)49-67(69)82(100)92-55-59(4)47-70(92)83(93)101)114-30-16-12-15-29-113-73-51-68-66(48-71(73)103-6)81(99)91-54-58(3)46-64(91)53-87-68/h20-23,48-55,57,60,62,64,70,77,83,86,95,98,101H,8-19,24-47,56H2,1-7H3,(H,85,94)(H,88,97)(H,89,96). The summed E-state index contributed by atoms with van der Waals surface area (Å²) in [6.07, 6.45) is 15.8. The number of aliphatic imine (C=N–C) groups is 1. The molecule has 1 fully saturated rings. The molecule has 1 aromatic heterocycles. The van der Waals surface area contributed by atoms with Crippen LogP contribution in [-0.4, -0.2) is 248 Å². The fourth-order valence-electron chi connectivity index (χ4n) is 14.2. The van der Waals surface area contributed by atoms with Gasteiger partial charge in [-0.05, 0) is 120 Å². The monoisotopic (exact) mass is 1610 g/mol. The van der Waals surface area contributed by atoms with Crippen LogP contribution in [0.2, 0.25) is 0 Å². The Balaban J connectivity index is 0.563. The van der Waals surface area contributed by atoms with E-state index < -0.39 is 42.3 Å². The summed E-state index contributed by atoms with van der Waals surface area (Å²) in [6.45, 7) is 17.2. The molecule has 5 unspecified atom stereocenters. The van der Waals surface area contributed by atoms with Crippen molar-refractivity contribution in [1.29, 1.82) is 0 Å². The first-order valence-corrected chi connectivity index (χ1v) is 40.6. The van der Waals surface area contributed by atoms with Crippen LogP contribution in [0.3, 0.4) is 0 Å². The predicted molar refractivity (Wildman–Crippen MR) is 430 cm³/mol. The van der Waals surface area contributed by atoms with Crippen molar-refractivity contribution in [2.75, 3.05) is 156 Å². The zero-order chi connectivity index (χ0) is 81.9. The Morgan fingerprint density at radius 2 is 1.12 bits per heavy atom. The molecular formula is C84H121N9O22. The minimum absolute atomic E-state index is 0.00842. The van der Waals surface area contributed by atoms with Crippen LogP contribution in [-0.2, 0) is 70.2 Å². The molecule has 4 aliphatic heterocycles. The highest BCUT2D eigenvalue weighted by molar-refractivity contribution is 6.07. The van der Waals surface area contributed by atoms with E-state index in [1.807, 2.05) is 33.9 Å². The Morgan fingerprint density at radius 1 is 0.583 bits per heavy atom. The molecule has 6 amide bonds. The number of aromatic nitrogens is 1. The second kappa shape index (κ2) is 48.0. The zero-order valence-electron chi connectivity index (χ0n) is 68.0. The molecule has 31 nitrogen and oxygen atoms in total. The number of benzene rings is 3. The van der Waals surface area contributed by atoms with E-state index in [1.54, 1.807) is 66.7 Å². The van der Waals surface area contributed by atoms with Crippen LogP contribution in [0.25, 0.3) is 0 Å². The third kappa shape index (κ3) is 27.6. The van der Waals surface area contributed by atoms with Crippen LogP contribution in [0, 0.1) is 5.92 Å². The largest absolute Gasteiger partial charge is 0.494 e.